The van der Waals surface area contributed by atoms with Crippen molar-refractivity contribution in [2.75, 3.05) is 6.26 Å². The van der Waals surface area contributed by atoms with E-state index in [2.05, 4.69) is 0 Å². The third kappa shape index (κ3) is 5.76. The van der Waals surface area contributed by atoms with Gasteiger partial charge in [-0.2, -0.15) is 8.42 Å². The number of amides is 1. The molecule has 152 valence electrons. The average molecular weight is 454 g/mol. The van der Waals surface area contributed by atoms with Crippen LogP contribution in [0, 0.1) is 0 Å². The van der Waals surface area contributed by atoms with Crippen molar-refractivity contribution in [2.45, 2.75) is 13.1 Å². The van der Waals surface area contributed by atoms with E-state index in [1.54, 1.807) is 42.5 Å². The molecule has 0 saturated carbocycles. The van der Waals surface area contributed by atoms with E-state index in [-0.39, 0.29) is 24.7 Å². The minimum Gasteiger partial charge on any atom is -0.467 e. The Kier molecular flexibility index (Phi) is 6.52. The molecule has 0 saturated heterocycles. The van der Waals surface area contributed by atoms with Crippen LogP contribution >= 0.6 is 23.2 Å². The fourth-order valence-corrected chi connectivity index (χ4v) is 3.62. The van der Waals surface area contributed by atoms with Crippen LogP contribution in [0.2, 0.25) is 10.0 Å². The van der Waals surface area contributed by atoms with Gasteiger partial charge in [-0.15, -0.1) is 0 Å². The zero-order valence-corrected chi connectivity index (χ0v) is 17.7. The molecule has 1 aromatic heterocycles. The normalized spacial score (nSPS) is 11.3. The Bertz CT molecular complexity index is 1110. The molecule has 0 N–H and O–H groups in total. The zero-order chi connectivity index (χ0) is 21.0. The summed E-state index contributed by atoms with van der Waals surface area (Å²) < 4.78 is 33.7. The van der Waals surface area contributed by atoms with Gasteiger partial charge in [0.15, 0.2) is 0 Å². The predicted octanol–water partition coefficient (Wildman–Crippen LogP) is 4.77. The molecule has 0 aliphatic rings. The van der Waals surface area contributed by atoms with Gasteiger partial charge in [-0.25, -0.2) is 0 Å². The van der Waals surface area contributed by atoms with Crippen molar-refractivity contribution < 1.29 is 21.8 Å². The van der Waals surface area contributed by atoms with E-state index in [1.165, 1.54) is 23.3 Å². The molecule has 29 heavy (non-hydrogen) atoms. The molecule has 3 aromatic rings. The fraction of sp³-hybridized carbons (Fsp3) is 0.150. The van der Waals surface area contributed by atoms with Crippen molar-refractivity contribution >= 4 is 39.2 Å². The van der Waals surface area contributed by atoms with Crippen molar-refractivity contribution in [3.05, 3.63) is 87.8 Å². The minimum absolute atomic E-state index is 0.0240. The highest BCUT2D eigenvalue weighted by Gasteiger charge is 2.22. The summed E-state index contributed by atoms with van der Waals surface area (Å²) in [5.41, 5.74) is 0.739. The molecule has 3 rings (SSSR count). The quantitative estimate of drug-likeness (QED) is 0.481. The minimum atomic E-state index is -3.76. The van der Waals surface area contributed by atoms with Crippen molar-refractivity contribution in [3.63, 3.8) is 0 Å². The van der Waals surface area contributed by atoms with E-state index >= 15 is 0 Å². The van der Waals surface area contributed by atoms with Crippen LogP contribution in [-0.2, 0) is 23.2 Å². The van der Waals surface area contributed by atoms with Gasteiger partial charge < -0.3 is 13.5 Å². The Labute approximate surface area is 178 Å². The third-order valence-electron chi connectivity index (χ3n) is 3.94. The number of carbonyl (C=O) groups excluding carboxylic acids is 1. The second-order valence-electron chi connectivity index (χ2n) is 6.26. The summed E-state index contributed by atoms with van der Waals surface area (Å²) in [7, 11) is -3.76. The molecule has 0 atom stereocenters. The summed E-state index contributed by atoms with van der Waals surface area (Å²) in [4.78, 5) is 14.7. The standard InChI is InChI=1S/C20H17Cl2NO5S/c1-29(25,26)28-19-9-8-15(21)11-14(19)12-23(13-16-5-4-10-27-16)20(24)17-6-2-3-7-18(17)22/h2-11H,12-13H2,1H3. The highest BCUT2D eigenvalue weighted by atomic mass is 35.5. The maximum atomic E-state index is 13.2. The first-order valence-electron chi connectivity index (χ1n) is 8.47. The van der Waals surface area contributed by atoms with Gasteiger partial charge in [0.25, 0.3) is 5.91 Å². The lowest BCUT2D eigenvalue weighted by atomic mass is 10.1. The number of carbonyl (C=O) groups is 1. The Morgan fingerprint density at radius 1 is 1.07 bits per heavy atom. The first kappa shape index (κ1) is 21.2. The van der Waals surface area contributed by atoms with Crippen LogP contribution in [-0.4, -0.2) is 25.5 Å². The van der Waals surface area contributed by atoms with Crippen molar-refractivity contribution in [1.29, 1.82) is 0 Å². The predicted molar refractivity (Wildman–Crippen MR) is 111 cm³/mol. The summed E-state index contributed by atoms with van der Waals surface area (Å²) in [5, 5.41) is 0.685. The van der Waals surface area contributed by atoms with Gasteiger partial charge in [-0.1, -0.05) is 35.3 Å². The van der Waals surface area contributed by atoms with Crippen LogP contribution in [0.1, 0.15) is 21.7 Å². The summed E-state index contributed by atoms with van der Waals surface area (Å²) >= 11 is 12.3. The summed E-state index contributed by atoms with van der Waals surface area (Å²) in [6.07, 6.45) is 2.45. The average Bonchev–Trinajstić information content (AvgIpc) is 3.15. The van der Waals surface area contributed by atoms with Gasteiger partial charge in [0.05, 0.1) is 36.2 Å². The van der Waals surface area contributed by atoms with Crippen LogP contribution in [0.3, 0.4) is 0 Å². The maximum absolute atomic E-state index is 13.2. The molecule has 0 spiro atoms. The number of hydrogen-bond donors (Lipinski definition) is 0. The van der Waals surface area contributed by atoms with E-state index in [0.29, 0.717) is 26.9 Å². The summed E-state index contributed by atoms with van der Waals surface area (Å²) in [5.74, 6) is 0.295. The van der Waals surface area contributed by atoms with Gasteiger partial charge in [-0.3, -0.25) is 4.79 Å². The van der Waals surface area contributed by atoms with Crippen LogP contribution in [0.25, 0.3) is 0 Å². The van der Waals surface area contributed by atoms with Gasteiger partial charge in [0.1, 0.15) is 11.5 Å². The monoisotopic (exact) mass is 453 g/mol. The molecule has 0 bridgehead atoms. The van der Waals surface area contributed by atoms with Crippen LogP contribution in [0.15, 0.2) is 65.3 Å². The van der Waals surface area contributed by atoms with E-state index in [0.717, 1.165) is 6.26 Å². The van der Waals surface area contributed by atoms with Crippen molar-refractivity contribution in [1.82, 2.24) is 4.90 Å². The van der Waals surface area contributed by atoms with Gasteiger partial charge in [0, 0.05) is 10.6 Å². The number of benzene rings is 2. The van der Waals surface area contributed by atoms with Gasteiger partial charge >= 0.3 is 10.1 Å². The van der Waals surface area contributed by atoms with E-state index in [9.17, 15) is 13.2 Å². The Morgan fingerprint density at radius 2 is 1.83 bits per heavy atom. The summed E-state index contributed by atoms with van der Waals surface area (Å²) in [6, 6.07) is 14.6. The second-order valence-corrected chi connectivity index (χ2v) is 8.68. The van der Waals surface area contributed by atoms with Crippen LogP contribution < -0.4 is 4.18 Å². The molecule has 0 aliphatic carbocycles. The topological polar surface area (TPSA) is 76.8 Å². The molecular weight excluding hydrogens is 437 g/mol. The van der Waals surface area contributed by atoms with E-state index in [1.807, 2.05) is 0 Å². The SMILES string of the molecule is CS(=O)(=O)Oc1ccc(Cl)cc1CN(Cc1ccco1)C(=O)c1ccccc1Cl. The number of rotatable bonds is 7. The molecule has 0 radical (unpaired) electrons. The first-order valence-corrected chi connectivity index (χ1v) is 11.0. The smallest absolute Gasteiger partial charge is 0.306 e. The van der Waals surface area contributed by atoms with E-state index in [4.69, 9.17) is 31.8 Å². The molecule has 2 aromatic carbocycles. The highest BCUT2D eigenvalue weighted by molar-refractivity contribution is 7.86. The number of hydrogen-bond acceptors (Lipinski definition) is 5. The second kappa shape index (κ2) is 8.90. The largest absolute Gasteiger partial charge is 0.467 e. The Balaban J connectivity index is 1.98. The Hall–Kier alpha value is -2.48. The first-order chi connectivity index (χ1) is 13.7. The van der Waals surface area contributed by atoms with Gasteiger partial charge in [-0.05, 0) is 42.5 Å². The van der Waals surface area contributed by atoms with E-state index < -0.39 is 10.1 Å². The highest BCUT2D eigenvalue weighted by Crippen LogP contribution is 2.28. The van der Waals surface area contributed by atoms with Crippen LogP contribution in [0.4, 0.5) is 0 Å². The van der Waals surface area contributed by atoms with Crippen molar-refractivity contribution in [3.8, 4) is 5.75 Å². The third-order valence-corrected chi connectivity index (χ3v) is 4.99. The molecule has 0 unspecified atom stereocenters. The van der Waals surface area contributed by atoms with Crippen LogP contribution in [0.5, 0.6) is 5.75 Å². The molecule has 1 amide bonds. The lowest BCUT2D eigenvalue weighted by molar-refractivity contribution is 0.0717. The lowest BCUT2D eigenvalue weighted by Gasteiger charge is -2.23. The molecule has 0 aliphatic heterocycles. The molecule has 9 heteroatoms. The zero-order valence-electron chi connectivity index (χ0n) is 15.3. The molecular formula is C20H17Cl2NO5S. The number of furan rings is 1. The maximum Gasteiger partial charge on any atom is 0.306 e. The van der Waals surface area contributed by atoms with Crippen molar-refractivity contribution in [2.24, 2.45) is 0 Å². The number of halogens is 2. The molecule has 1 heterocycles. The fourth-order valence-electron chi connectivity index (χ4n) is 2.72. The number of nitrogens with zero attached hydrogens (tertiary/aromatic N) is 1. The molecule has 6 nitrogen and oxygen atoms in total. The molecule has 0 fully saturated rings. The van der Waals surface area contributed by atoms with Gasteiger partial charge in [0.2, 0.25) is 0 Å². The summed E-state index contributed by atoms with van der Waals surface area (Å²) in [6.45, 7) is 0.165. The lowest BCUT2D eigenvalue weighted by Crippen LogP contribution is -2.30. The Morgan fingerprint density at radius 3 is 2.48 bits per heavy atom.